The van der Waals surface area contributed by atoms with E-state index < -0.39 is 24.0 Å². The van der Waals surface area contributed by atoms with Gasteiger partial charge in [-0.3, -0.25) is 4.79 Å². The monoisotopic (exact) mass is 478 g/mol. The molecule has 0 fully saturated rings. The van der Waals surface area contributed by atoms with Gasteiger partial charge >= 0.3 is 12.1 Å². The Balaban J connectivity index is 1.36. The Bertz CT molecular complexity index is 1210. The van der Waals surface area contributed by atoms with Gasteiger partial charge in [-0.05, 0) is 47.4 Å². The van der Waals surface area contributed by atoms with Gasteiger partial charge in [-0.1, -0.05) is 60.1 Å². The van der Waals surface area contributed by atoms with Crippen molar-refractivity contribution in [1.82, 2.24) is 10.2 Å². The molecule has 7 nitrogen and oxygen atoms in total. The van der Waals surface area contributed by atoms with Gasteiger partial charge in [0.05, 0.1) is 10.6 Å². The number of fused-ring (bicyclic) bond motifs is 1. The van der Waals surface area contributed by atoms with Crippen LogP contribution in [0.25, 0.3) is 0 Å². The molecule has 0 saturated heterocycles. The van der Waals surface area contributed by atoms with Gasteiger partial charge in [0.25, 0.3) is 5.91 Å². The second-order valence-corrected chi connectivity index (χ2v) is 8.41. The number of halogens is 1. The van der Waals surface area contributed by atoms with E-state index in [1.807, 2.05) is 18.2 Å². The number of hydrogen-bond donors (Lipinski definition) is 2. The molecule has 2 N–H and O–H groups in total. The topological polar surface area (TPSA) is 95.9 Å². The molecule has 1 unspecified atom stereocenters. The van der Waals surface area contributed by atoms with Crippen LogP contribution in [0.5, 0.6) is 5.75 Å². The fraction of sp³-hybridized carbons (Fsp3) is 0.192. The molecule has 2 amide bonds. The van der Waals surface area contributed by atoms with Crippen molar-refractivity contribution in [2.24, 2.45) is 0 Å². The van der Waals surface area contributed by atoms with Crippen molar-refractivity contribution in [1.29, 1.82) is 0 Å². The lowest BCUT2D eigenvalue weighted by Gasteiger charge is -2.28. The van der Waals surface area contributed by atoms with Crippen molar-refractivity contribution in [2.45, 2.75) is 25.4 Å². The predicted molar refractivity (Wildman–Crippen MR) is 127 cm³/mol. The molecule has 3 aromatic rings. The summed E-state index contributed by atoms with van der Waals surface area (Å²) >= 11 is 6.03. The Morgan fingerprint density at radius 2 is 1.65 bits per heavy atom. The van der Waals surface area contributed by atoms with Gasteiger partial charge in [-0.2, -0.15) is 0 Å². The Morgan fingerprint density at radius 3 is 2.35 bits per heavy atom. The second kappa shape index (κ2) is 10.4. The molecule has 4 rings (SSSR count). The third-order valence-corrected chi connectivity index (χ3v) is 6.01. The molecule has 1 atom stereocenters. The maximum absolute atomic E-state index is 12.6. The van der Waals surface area contributed by atoms with E-state index in [0.717, 1.165) is 12.0 Å². The number of amides is 2. The molecule has 0 bridgehead atoms. The molecule has 1 aliphatic heterocycles. The SMILES string of the molecule is O=C(NC(Cc1ccc(OC(=O)N2CCc3ccccc3C2)cc1)C(=O)O)c1ccccc1Cl. The average molecular weight is 479 g/mol. The second-order valence-electron chi connectivity index (χ2n) is 8.00. The minimum absolute atomic E-state index is 0.0582. The fourth-order valence-electron chi connectivity index (χ4n) is 3.83. The van der Waals surface area contributed by atoms with Crippen molar-refractivity contribution in [2.75, 3.05) is 6.54 Å². The summed E-state index contributed by atoms with van der Waals surface area (Å²) in [6.45, 7) is 1.08. The van der Waals surface area contributed by atoms with Crippen LogP contribution in [0.3, 0.4) is 0 Å². The zero-order valence-corrected chi connectivity index (χ0v) is 19.0. The number of carbonyl (C=O) groups excluding carboxylic acids is 2. The minimum Gasteiger partial charge on any atom is -0.480 e. The van der Waals surface area contributed by atoms with E-state index in [9.17, 15) is 19.5 Å². The van der Waals surface area contributed by atoms with E-state index in [1.54, 1.807) is 47.4 Å². The van der Waals surface area contributed by atoms with Crippen molar-refractivity contribution in [3.63, 3.8) is 0 Å². The maximum atomic E-state index is 12.6. The molecule has 0 aromatic heterocycles. The summed E-state index contributed by atoms with van der Waals surface area (Å²) in [6, 6.07) is 19.9. The van der Waals surface area contributed by atoms with Crippen molar-refractivity contribution in [3.05, 3.63) is 100 Å². The lowest BCUT2D eigenvalue weighted by Crippen LogP contribution is -2.42. The number of nitrogens with zero attached hydrogens (tertiary/aromatic N) is 1. The first-order valence-electron chi connectivity index (χ1n) is 10.8. The smallest absolute Gasteiger partial charge is 0.415 e. The summed E-state index contributed by atoms with van der Waals surface area (Å²) in [5.74, 6) is -1.37. The number of carboxylic acids is 1. The van der Waals surface area contributed by atoms with E-state index in [0.29, 0.717) is 24.4 Å². The molecule has 1 heterocycles. The van der Waals surface area contributed by atoms with Gasteiger partial charge in [-0.15, -0.1) is 0 Å². The number of benzene rings is 3. The van der Waals surface area contributed by atoms with Crippen LogP contribution < -0.4 is 10.1 Å². The number of rotatable bonds is 6. The highest BCUT2D eigenvalue weighted by molar-refractivity contribution is 6.33. The van der Waals surface area contributed by atoms with Crippen LogP contribution in [-0.2, 0) is 24.2 Å². The van der Waals surface area contributed by atoms with Gasteiger partial charge in [0.1, 0.15) is 11.8 Å². The largest absolute Gasteiger partial charge is 0.480 e. The van der Waals surface area contributed by atoms with Gasteiger partial charge in [0.15, 0.2) is 0 Å². The third-order valence-electron chi connectivity index (χ3n) is 5.68. The number of nitrogens with one attached hydrogen (secondary N) is 1. The van der Waals surface area contributed by atoms with Crippen LogP contribution in [0.15, 0.2) is 72.8 Å². The molecule has 0 spiro atoms. The van der Waals surface area contributed by atoms with E-state index in [-0.39, 0.29) is 17.0 Å². The highest BCUT2D eigenvalue weighted by Crippen LogP contribution is 2.21. The van der Waals surface area contributed by atoms with Crippen LogP contribution in [0.2, 0.25) is 5.02 Å². The molecule has 0 aliphatic carbocycles. The molecule has 1 aliphatic rings. The summed E-state index contributed by atoms with van der Waals surface area (Å²) in [5, 5.41) is 12.3. The van der Waals surface area contributed by atoms with E-state index in [4.69, 9.17) is 16.3 Å². The van der Waals surface area contributed by atoms with E-state index >= 15 is 0 Å². The molecular formula is C26H23ClN2O5. The quantitative estimate of drug-likeness (QED) is 0.550. The number of carbonyl (C=O) groups is 3. The van der Waals surface area contributed by atoms with Crippen molar-refractivity contribution >= 4 is 29.6 Å². The number of ether oxygens (including phenoxy) is 1. The summed E-state index contributed by atoms with van der Waals surface area (Å²) < 4.78 is 5.50. The van der Waals surface area contributed by atoms with E-state index in [2.05, 4.69) is 11.4 Å². The lowest BCUT2D eigenvalue weighted by atomic mass is 10.0. The average Bonchev–Trinajstić information content (AvgIpc) is 2.84. The number of aliphatic carboxylic acids is 1. The molecule has 8 heteroatoms. The van der Waals surface area contributed by atoms with Crippen LogP contribution in [0.4, 0.5) is 4.79 Å². The van der Waals surface area contributed by atoms with E-state index in [1.165, 1.54) is 11.6 Å². The molecule has 0 radical (unpaired) electrons. The van der Waals surface area contributed by atoms with Crippen molar-refractivity contribution in [3.8, 4) is 5.75 Å². The highest BCUT2D eigenvalue weighted by atomic mass is 35.5. The predicted octanol–water partition coefficient (Wildman–Crippen LogP) is 4.32. The molecule has 34 heavy (non-hydrogen) atoms. The normalized spacial score (nSPS) is 13.5. The summed E-state index contributed by atoms with van der Waals surface area (Å²) in [7, 11) is 0. The van der Waals surface area contributed by atoms with Crippen molar-refractivity contribution < 1.29 is 24.2 Å². The molecule has 174 valence electrons. The standard InChI is InChI=1S/C26H23ClN2O5/c27-22-8-4-3-7-21(22)24(30)28-23(25(31)32)15-17-9-11-20(12-10-17)34-26(33)29-14-13-18-5-1-2-6-19(18)16-29/h1-12,23H,13-16H2,(H,28,30)(H,31,32). The Hall–Kier alpha value is -3.84. The Labute approximate surface area is 201 Å². The Morgan fingerprint density at radius 1 is 0.971 bits per heavy atom. The zero-order valence-electron chi connectivity index (χ0n) is 18.2. The molecule has 0 saturated carbocycles. The molecule has 3 aromatic carbocycles. The summed E-state index contributed by atoms with van der Waals surface area (Å²) in [4.78, 5) is 38.4. The van der Waals surface area contributed by atoms with Gasteiger partial charge in [-0.25, -0.2) is 9.59 Å². The van der Waals surface area contributed by atoms with Crippen LogP contribution in [-0.4, -0.2) is 40.6 Å². The lowest BCUT2D eigenvalue weighted by molar-refractivity contribution is -0.139. The molecular weight excluding hydrogens is 456 g/mol. The summed E-state index contributed by atoms with van der Waals surface area (Å²) in [5.41, 5.74) is 3.22. The van der Waals surface area contributed by atoms with Gasteiger partial charge in [0, 0.05) is 19.5 Å². The number of hydrogen-bond acceptors (Lipinski definition) is 4. The highest BCUT2D eigenvalue weighted by Gasteiger charge is 2.24. The first kappa shape index (κ1) is 23.3. The van der Waals surface area contributed by atoms with Crippen LogP contribution >= 0.6 is 11.6 Å². The first-order chi connectivity index (χ1) is 16.4. The first-order valence-corrected chi connectivity index (χ1v) is 11.2. The zero-order chi connectivity index (χ0) is 24.1. The van der Waals surface area contributed by atoms with Gasteiger partial charge < -0.3 is 20.1 Å². The van der Waals surface area contributed by atoms with Crippen LogP contribution in [0.1, 0.15) is 27.0 Å². The maximum Gasteiger partial charge on any atom is 0.415 e. The third kappa shape index (κ3) is 5.55. The number of carboxylic acid groups (broad SMARTS) is 1. The van der Waals surface area contributed by atoms with Gasteiger partial charge in [0.2, 0.25) is 0 Å². The Kier molecular flexibility index (Phi) is 7.13. The minimum atomic E-state index is -1.17. The summed E-state index contributed by atoms with van der Waals surface area (Å²) in [6.07, 6.45) is 0.404. The van der Waals surface area contributed by atoms with Crippen LogP contribution in [0, 0.1) is 0 Å². The fourth-order valence-corrected chi connectivity index (χ4v) is 4.05.